The standard InChI is InChI=1S/C23H21N3O5/c1-3-30-20-10-8-15(12-21(20)29-2)9-11-22(28)31-14-19(27)16(13-24)23-25-17-6-4-5-7-18(17)26-23/h4-12,27H,3,14H2,1-2H3,(H,25,26)/b11-9+,19-16-. The Morgan fingerprint density at radius 2 is 2.06 bits per heavy atom. The second kappa shape index (κ2) is 9.98. The van der Waals surface area contributed by atoms with Crippen LogP contribution in [0.4, 0.5) is 0 Å². The number of aliphatic hydroxyl groups excluding tert-OH is 1. The molecule has 31 heavy (non-hydrogen) atoms. The monoisotopic (exact) mass is 419 g/mol. The number of rotatable bonds is 8. The van der Waals surface area contributed by atoms with Crippen LogP contribution in [0.1, 0.15) is 18.3 Å². The number of imidazole rings is 1. The maximum atomic E-state index is 12.0. The molecule has 0 aliphatic carbocycles. The molecule has 0 fully saturated rings. The van der Waals surface area contributed by atoms with Crippen LogP contribution in [0, 0.1) is 11.3 Å². The predicted molar refractivity (Wildman–Crippen MR) is 115 cm³/mol. The smallest absolute Gasteiger partial charge is 0.331 e. The predicted octanol–water partition coefficient (Wildman–Crippen LogP) is 4.02. The van der Waals surface area contributed by atoms with Gasteiger partial charge in [0.1, 0.15) is 18.2 Å². The maximum Gasteiger partial charge on any atom is 0.331 e. The topological polar surface area (TPSA) is 117 Å². The van der Waals surface area contributed by atoms with E-state index in [1.54, 1.807) is 36.4 Å². The molecule has 0 bridgehead atoms. The van der Waals surface area contributed by atoms with Crippen molar-refractivity contribution in [1.82, 2.24) is 9.97 Å². The molecule has 0 aliphatic rings. The molecule has 0 radical (unpaired) electrons. The number of carbonyl (C=O) groups excluding carboxylic acids is 1. The van der Waals surface area contributed by atoms with E-state index in [0.717, 1.165) is 5.52 Å². The average Bonchev–Trinajstić information content (AvgIpc) is 3.21. The van der Waals surface area contributed by atoms with E-state index < -0.39 is 18.3 Å². The van der Waals surface area contributed by atoms with Crippen LogP contribution in [0.2, 0.25) is 0 Å². The molecule has 0 saturated carbocycles. The van der Waals surface area contributed by atoms with Crippen LogP contribution < -0.4 is 9.47 Å². The zero-order valence-electron chi connectivity index (χ0n) is 17.1. The van der Waals surface area contributed by atoms with Gasteiger partial charge in [0.2, 0.25) is 0 Å². The number of esters is 1. The number of carbonyl (C=O) groups is 1. The molecule has 158 valence electrons. The number of benzene rings is 2. The van der Waals surface area contributed by atoms with Crippen LogP contribution >= 0.6 is 0 Å². The van der Waals surface area contributed by atoms with Gasteiger partial charge in [-0.2, -0.15) is 5.26 Å². The Hall–Kier alpha value is -4.25. The molecule has 0 amide bonds. The first-order valence-corrected chi connectivity index (χ1v) is 9.48. The van der Waals surface area contributed by atoms with E-state index in [2.05, 4.69) is 9.97 Å². The van der Waals surface area contributed by atoms with Gasteiger partial charge in [-0.15, -0.1) is 0 Å². The number of nitriles is 1. The first-order chi connectivity index (χ1) is 15.0. The third-order valence-corrected chi connectivity index (χ3v) is 4.28. The summed E-state index contributed by atoms with van der Waals surface area (Å²) in [6, 6.07) is 14.4. The minimum Gasteiger partial charge on any atom is -0.507 e. The van der Waals surface area contributed by atoms with Crippen molar-refractivity contribution in [3.05, 3.63) is 65.7 Å². The van der Waals surface area contributed by atoms with Gasteiger partial charge in [-0.3, -0.25) is 0 Å². The molecule has 0 aliphatic heterocycles. The number of para-hydroxylation sites is 2. The number of allylic oxidation sites excluding steroid dienone is 1. The van der Waals surface area contributed by atoms with Crippen molar-refractivity contribution in [3.8, 4) is 17.6 Å². The third-order valence-electron chi connectivity index (χ3n) is 4.28. The Balaban J connectivity index is 1.67. The summed E-state index contributed by atoms with van der Waals surface area (Å²) in [5, 5.41) is 19.6. The van der Waals surface area contributed by atoms with Crippen molar-refractivity contribution in [1.29, 1.82) is 5.26 Å². The summed E-state index contributed by atoms with van der Waals surface area (Å²) < 4.78 is 15.8. The molecule has 3 rings (SSSR count). The molecule has 0 unspecified atom stereocenters. The van der Waals surface area contributed by atoms with Crippen LogP contribution in [0.15, 0.2) is 54.3 Å². The molecule has 8 heteroatoms. The van der Waals surface area contributed by atoms with E-state index in [4.69, 9.17) is 14.2 Å². The van der Waals surface area contributed by atoms with Gasteiger partial charge in [0.25, 0.3) is 0 Å². The largest absolute Gasteiger partial charge is 0.507 e. The fourth-order valence-corrected chi connectivity index (χ4v) is 2.81. The lowest BCUT2D eigenvalue weighted by molar-refractivity contribution is -0.137. The summed E-state index contributed by atoms with van der Waals surface area (Å²) in [6.45, 7) is 1.92. The summed E-state index contributed by atoms with van der Waals surface area (Å²) >= 11 is 0. The molecule has 1 aromatic heterocycles. The number of hydrogen-bond donors (Lipinski definition) is 2. The summed E-state index contributed by atoms with van der Waals surface area (Å²) in [4.78, 5) is 19.3. The van der Waals surface area contributed by atoms with Gasteiger partial charge >= 0.3 is 5.97 Å². The summed E-state index contributed by atoms with van der Waals surface area (Å²) in [6.07, 6.45) is 2.77. The number of nitrogens with one attached hydrogen (secondary N) is 1. The molecular weight excluding hydrogens is 398 g/mol. The van der Waals surface area contributed by atoms with E-state index in [0.29, 0.717) is 29.2 Å². The van der Waals surface area contributed by atoms with E-state index >= 15 is 0 Å². The van der Waals surface area contributed by atoms with Gasteiger partial charge in [0, 0.05) is 6.08 Å². The molecule has 0 spiro atoms. The van der Waals surface area contributed by atoms with Gasteiger partial charge in [0.15, 0.2) is 23.1 Å². The number of aliphatic hydroxyl groups is 1. The van der Waals surface area contributed by atoms with Crippen LogP contribution in [0.25, 0.3) is 22.7 Å². The Kier molecular flexibility index (Phi) is 6.91. The minimum absolute atomic E-state index is 0.0933. The highest BCUT2D eigenvalue weighted by Crippen LogP contribution is 2.28. The SMILES string of the molecule is CCOc1ccc(/C=C/C(=O)OC/C(O)=C(\C#N)c2nc3ccccc3[nH]2)cc1OC. The van der Waals surface area contributed by atoms with Gasteiger partial charge < -0.3 is 24.3 Å². The Morgan fingerprint density at radius 3 is 2.77 bits per heavy atom. The van der Waals surface area contributed by atoms with Crippen molar-refractivity contribution in [3.63, 3.8) is 0 Å². The number of hydrogen-bond acceptors (Lipinski definition) is 7. The van der Waals surface area contributed by atoms with Crippen molar-refractivity contribution in [2.24, 2.45) is 0 Å². The lowest BCUT2D eigenvalue weighted by atomic mass is 10.2. The summed E-state index contributed by atoms with van der Waals surface area (Å²) in [7, 11) is 1.53. The van der Waals surface area contributed by atoms with E-state index in [1.807, 2.05) is 25.1 Å². The number of fused-ring (bicyclic) bond motifs is 1. The Bertz CT molecular complexity index is 1150. The molecule has 1 heterocycles. The summed E-state index contributed by atoms with van der Waals surface area (Å²) in [5.74, 6) is 0.276. The average molecular weight is 419 g/mol. The number of aromatic amines is 1. The zero-order valence-corrected chi connectivity index (χ0v) is 17.1. The summed E-state index contributed by atoms with van der Waals surface area (Å²) in [5.41, 5.74) is 1.99. The highest BCUT2D eigenvalue weighted by molar-refractivity contribution is 5.87. The number of ether oxygens (including phenoxy) is 3. The molecular formula is C23H21N3O5. The number of H-pyrrole nitrogens is 1. The third kappa shape index (κ3) is 5.22. The Morgan fingerprint density at radius 1 is 1.26 bits per heavy atom. The normalized spacial score (nSPS) is 11.8. The van der Waals surface area contributed by atoms with Gasteiger partial charge in [-0.25, -0.2) is 9.78 Å². The second-order valence-electron chi connectivity index (χ2n) is 6.32. The fraction of sp³-hybridized carbons (Fsp3) is 0.174. The molecule has 8 nitrogen and oxygen atoms in total. The maximum absolute atomic E-state index is 12.0. The highest BCUT2D eigenvalue weighted by atomic mass is 16.5. The first kappa shape index (κ1) is 21.5. The first-order valence-electron chi connectivity index (χ1n) is 9.48. The van der Waals surface area contributed by atoms with Crippen molar-refractivity contribution in [2.75, 3.05) is 20.3 Å². The van der Waals surface area contributed by atoms with Crippen LogP contribution in [-0.2, 0) is 9.53 Å². The lowest BCUT2D eigenvalue weighted by Crippen LogP contribution is -2.06. The number of aromatic nitrogens is 2. The number of nitrogens with zero attached hydrogens (tertiary/aromatic N) is 2. The fourth-order valence-electron chi connectivity index (χ4n) is 2.81. The van der Waals surface area contributed by atoms with Crippen molar-refractivity contribution in [2.45, 2.75) is 6.92 Å². The van der Waals surface area contributed by atoms with Crippen molar-refractivity contribution < 1.29 is 24.1 Å². The van der Waals surface area contributed by atoms with Gasteiger partial charge in [-0.05, 0) is 42.8 Å². The molecule has 2 aromatic carbocycles. The van der Waals surface area contributed by atoms with Gasteiger partial charge in [-0.1, -0.05) is 18.2 Å². The van der Waals surface area contributed by atoms with Crippen LogP contribution in [0.3, 0.4) is 0 Å². The zero-order chi connectivity index (χ0) is 22.2. The molecule has 3 aromatic rings. The quantitative estimate of drug-likeness (QED) is 0.245. The van der Waals surface area contributed by atoms with E-state index in [-0.39, 0.29) is 11.4 Å². The van der Waals surface area contributed by atoms with Crippen LogP contribution in [-0.4, -0.2) is 41.4 Å². The van der Waals surface area contributed by atoms with Crippen molar-refractivity contribution >= 4 is 28.7 Å². The number of methoxy groups -OCH3 is 1. The van der Waals surface area contributed by atoms with Crippen LogP contribution in [0.5, 0.6) is 11.5 Å². The molecule has 2 N–H and O–H groups in total. The lowest BCUT2D eigenvalue weighted by Gasteiger charge is -2.09. The Labute approximate surface area is 179 Å². The second-order valence-corrected chi connectivity index (χ2v) is 6.32. The van der Waals surface area contributed by atoms with E-state index in [1.165, 1.54) is 13.2 Å². The molecule has 0 atom stereocenters. The van der Waals surface area contributed by atoms with E-state index in [9.17, 15) is 15.2 Å². The highest BCUT2D eigenvalue weighted by Gasteiger charge is 2.14. The van der Waals surface area contributed by atoms with Gasteiger partial charge in [0.05, 0.1) is 24.8 Å². The molecule has 0 saturated heterocycles. The minimum atomic E-state index is -0.679.